The van der Waals surface area contributed by atoms with E-state index in [0.29, 0.717) is 25.9 Å². The summed E-state index contributed by atoms with van der Waals surface area (Å²) in [4.78, 5) is 24.0. The highest BCUT2D eigenvalue weighted by molar-refractivity contribution is 5.90. The molecule has 1 fully saturated rings. The highest BCUT2D eigenvalue weighted by atomic mass is 16.5. The summed E-state index contributed by atoms with van der Waals surface area (Å²) in [5.41, 5.74) is 1.71. The lowest BCUT2D eigenvalue weighted by Crippen LogP contribution is -2.15. The second-order valence-electron chi connectivity index (χ2n) is 6.33. The zero-order chi connectivity index (χ0) is 18.4. The monoisotopic (exact) mass is 353 g/mol. The standard InChI is InChI=1S/C21H23NO4/c1-2-25-18-11-9-17(10-12-18)22-19(23)13-8-16-14-20(24)26-21(16)15-6-4-3-5-7-15/h3-7,9-12,16,21H,2,8,13-14H2,1H3,(H,22,23)/t16-,21-/m0/s1. The molecular formula is C21H23NO4. The average Bonchev–Trinajstić information content (AvgIpc) is 3.03. The second-order valence-corrected chi connectivity index (χ2v) is 6.33. The fourth-order valence-corrected chi connectivity index (χ4v) is 3.18. The minimum Gasteiger partial charge on any atom is -0.494 e. The minimum absolute atomic E-state index is 0.0241. The maximum atomic E-state index is 12.2. The molecule has 0 radical (unpaired) electrons. The predicted molar refractivity (Wildman–Crippen MR) is 98.9 cm³/mol. The number of rotatable bonds is 7. The summed E-state index contributed by atoms with van der Waals surface area (Å²) in [7, 11) is 0. The maximum Gasteiger partial charge on any atom is 0.306 e. The number of esters is 1. The first kappa shape index (κ1) is 18.0. The van der Waals surface area contributed by atoms with Gasteiger partial charge in [0.2, 0.25) is 5.91 Å². The zero-order valence-electron chi connectivity index (χ0n) is 14.8. The molecule has 1 saturated heterocycles. The van der Waals surface area contributed by atoms with E-state index in [9.17, 15) is 9.59 Å². The van der Waals surface area contributed by atoms with Crippen LogP contribution in [-0.4, -0.2) is 18.5 Å². The number of anilines is 1. The van der Waals surface area contributed by atoms with Gasteiger partial charge in [0.15, 0.2) is 0 Å². The van der Waals surface area contributed by atoms with Gasteiger partial charge >= 0.3 is 5.97 Å². The fraction of sp³-hybridized carbons (Fsp3) is 0.333. The SMILES string of the molecule is CCOc1ccc(NC(=O)CC[C@H]2CC(=O)O[C@H]2c2ccccc2)cc1. The van der Waals surface area contributed by atoms with Crippen molar-refractivity contribution in [1.82, 2.24) is 0 Å². The molecule has 2 aromatic rings. The van der Waals surface area contributed by atoms with E-state index in [1.165, 1.54) is 0 Å². The Labute approximate surface area is 153 Å². The molecule has 0 aromatic heterocycles. The Morgan fingerprint density at radius 1 is 1.15 bits per heavy atom. The Morgan fingerprint density at radius 3 is 2.58 bits per heavy atom. The fourth-order valence-electron chi connectivity index (χ4n) is 3.18. The van der Waals surface area contributed by atoms with Crippen molar-refractivity contribution in [1.29, 1.82) is 0 Å². The number of cyclic esters (lactones) is 1. The Morgan fingerprint density at radius 2 is 1.88 bits per heavy atom. The van der Waals surface area contributed by atoms with Gasteiger partial charge in [-0.1, -0.05) is 30.3 Å². The Hall–Kier alpha value is -2.82. The third kappa shape index (κ3) is 4.63. The van der Waals surface area contributed by atoms with Gasteiger partial charge in [-0.2, -0.15) is 0 Å². The molecule has 5 nitrogen and oxygen atoms in total. The van der Waals surface area contributed by atoms with Crippen LogP contribution < -0.4 is 10.1 Å². The molecule has 0 aliphatic carbocycles. The molecule has 26 heavy (non-hydrogen) atoms. The van der Waals surface area contributed by atoms with Gasteiger partial charge in [-0.05, 0) is 43.2 Å². The van der Waals surface area contributed by atoms with Crippen molar-refractivity contribution >= 4 is 17.6 Å². The highest BCUT2D eigenvalue weighted by Crippen LogP contribution is 2.38. The van der Waals surface area contributed by atoms with Crippen molar-refractivity contribution < 1.29 is 19.1 Å². The summed E-state index contributed by atoms with van der Waals surface area (Å²) < 4.78 is 10.8. The molecular weight excluding hydrogens is 330 g/mol. The molecule has 1 aliphatic rings. The predicted octanol–water partition coefficient (Wildman–Crippen LogP) is 4.11. The second kappa shape index (κ2) is 8.52. The number of hydrogen-bond acceptors (Lipinski definition) is 4. The first-order valence-electron chi connectivity index (χ1n) is 8.93. The number of ether oxygens (including phenoxy) is 2. The van der Waals surface area contributed by atoms with Crippen LogP contribution in [0.5, 0.6) is 5.75 Å². The molecule has 0 unspecified atom stereocenters. The zero-order valence-corrected chi connectivity index (χ0v) is 14.8. The molecule has 1 aliphatic heterocycles. The molecule has 1 amide bonds. The lowest BCUT2D eigenvalue weighted by Gasteiger charge is -2.17. The number of carbonyl (C=O) groups excluding carboxylic acids is 2. The van der Waals surface area contributed by atoms with Crippen molar-refractivity contribution in [3.05, 3.63) is 60.2 Å². The smallest absolute Gasteiger partial charge is 0.306 e. The van der Waals surface area contributed by atoms with Crippen LogP contribution in [0.4, 0.5) is 5.69 Å². The van der Waals surface area contributed by atoms with Crippen LogP contribution >= 0.6 is 0 Å². The quantitative estimate of drug-likeness (QED) is 0.761. The van der Waals surface area contributed by atoms with Crippen LogP contribution in [0.1, 0.15) is 37.9 Å². The minimum atomic E-state index is -0.262. The number of nitrogens with one attached hydrogen (secondary N) is 1. The van der Waals surface area contributed by atoms with Gasteiger partial charge in [0, 0.05) is 18.0 Å². The van der Waals surface area contributed by atoms with E-state index < -0.39 is 0 Å². The van der Waals surface area contributed by atoms with Crippen LogP contribution in [0.25, 0.3) is 0 Å². The Kier molecular flexibility index (Phi) is 5.89. The van der Waals surface area contributed by atoms with E-state index in [4.69, 9.17) is 9.47 Å². The van der Waals surface area contributed by atoms with Crippen molar-refractivity contribution in [3.63, 3.8) is 0 Å². The van der Waals surface area contributed by atoms with E-state index >= 15 is 0 Å². The maximum absolute atomic E-state index is 12.2. The third-order valence-corrected chi connectivity index (χ3v) is 4.43. The molecule has 0 spiro atoms. The lowest BCUT2D eigenvalue weighted by molar-refractivity contribution is -0.141. The summed E-state index contributed by atoms with van der Waals surface area (Å²) >= 11 is 0. The first-order chi connectivity index (χ1) is 12.7. The van der Waals surface area contributed by atoms with E-state index in [-0.39, 0.29) is 23.9 Å². The molecule has 2 aromatic carbocycles. The number of hydrogen-bond donors (Lipinski definition) is 1. The normalized spacial score (nSPS) is 19.0. The third-order valence-electron chi connectivity index (χ3n) is 4.43. The van der Waals surface area contributed by atoms with Crippen LogP contribution in [-0.2, 0) is 14.3 Å². The van der Waals surface area contributed by atoms with Gasteiger partial charge in [0.1, 0.15) is 11.9 Å². The molecule has 0 saturated carbocycles. The van der Waals surface area contributed by atoms with Crippen molar-refractivity contribution in [3.8, 4) is 5.75 Å². The van der Waals surface area contributed by atoms with Crippen molar-refractivity contribution in [2.75, 3.05) is 11.9 Å². The molecule has 136 valence electrons. The van der Waals surface area contributed by atoms with Gasteiger partial charge in [0.05, 0.1) is 13.0 Å². The van der Waals surface area contributed by atoms with Crippen molar-refractivity contribution in [2.45, 2.75) is 32.3 Å². The summed E-state index contributed by atoms with van der Waals surface area (Å²) in [6.45, 7) is 2.53. The molecule has 0 bridgehead atoms. The van der Waals surface area contributed by atoms with Crippen LogP contribution in [0.15, 0.2) is 54.6 Å². The molecule has 5 heteroatoms. The largest absolute Gasteiger partial charge is 0.494 e. The molecule has 2 atom stereocenters. The van der Waals surface area contributed by atoms with E-state index in [1.54, 1.807) is 0 Å². The van der Waals surface area contributed by atoms with Crippen LogP contribution in [0, 0.1) is 5.92 Å². The van der Waals surface area contributed by atoms with Gasteiger partial charge in [0.25, 0.3) is 0 Å². The summed E-state index contributed by atoms with van der Waals surface area (Å²) in [5, 5.41) is 2.88. The highest BCUT2D eigenvalue weighted by Gasteiger charge is 2.35. The van der Waals surface area contributed by atoms with E-state index in [2.05, 4.69) is 5.32 Å². The van der Waals surface area contributed by atoms with Crippen LogP contribution in [0.3, 0.4) is 0 Å². The van der Waals surface area contributed by atoms with Crippen LogP contribution in [0.2, 0.25) is 0 Å². The topological polar surface area (TPSA) is 64.6 Å². The van der Waals surface area contributed by atoms with Gasteiger partial charge < -0.3 is 14.8 Å². The first-order valence-corrected chi connectivity index (χ1v) is 8.93. The summed E-state index contributed by atoms with van der Waals surface area (Å²) in [5.74, 6) is 0.532. The average molecular weight is 353 g/mol. The van der Waals surface area contributed by atoms with E-state index in [0.717, 1.165) is 17.0 Å². The lowest BCUT2D eigenvalue weighted by atomic mass is 9.91. The molecule has 3 rings (SSSR count). The number of carbonyl (C=O) groups is 2. The number of benzene rings is 2. The Bertz CT molecular complexity index is 742. The van der Waals surface area contributed by atoms with Gasteiger partial charge in [-0.3, -0.25) is 9.59 Å². The van der Waals surface area contributed by atoms with Crippen molar-refractivity contribution in [2.24, 2.45) is 5.92 Å². The molecule has 1 heterocycles. The van der Waals surface area contributed by atoms with Gasteiger partial charge in [-0.25, -0.2) is 0 Å². The van der Waals surface area contributed by atoms with E-state index in [1.807, 2.05) is 61.5 Å². The summed E-state index contributed by atoms with van der Waals surface area (Å²) in [6, 6.07) is 17.0. The molecule has 1 N–H and O–H groups in total. The summed E-state index contributed by atoms with van der Waals surface area (Å²) in [6.07, 6.45) is 1.05. The van der Waals surface area contributed by atoms with Gasteiger partial charge in [-0.15, -0.1) is 0 Å². The number of amides is 1. The Balaban J connectivity index is 1.54.